The van der Waals surface area contributed by atoms with Crippen molar-refractivity contribution in [3.05, 3.63) is 88.4 Å². The van der Waals surface area contributed by atoms with Crippen molar-refractivity contribution < 1.29 is 17.9 Å². The molecule has 1 aliphatic rings. The van der Waals surface area contributed by atoms with Crippen molar-refractivity contribution in [3.63, 3.8) is 0 Å². The molecule has 3 aromatic carbocycles. The number of hydrogen-bond donors (Lipinski definition) is 1. The van der Waals surface area contributed by atoms with Gasteiger partial charge in [-0.1, -0.05) is 35.9 Å². The van der Waals surface area contributed by atoms with Gasteiger partial charge in [-0.05, 0) is 81.3 Å². The first-order valence-corrected chi connectivity index (χ1v) is 13.2. The number of nitrogens with one attached hydrogen (secondary N) is 1. The standard InChI is InChI=1S/C27H29ClN2O4S/c1-18-9-12-21(15-19(18)2)30(35(32,33)22-13-10-20(28)11-14-22)17-26(31)29-24-16-27(3,4)34-25-8-6-5-7-23(24)25/h5-15,24H,16-17H2,1-4H3,(H,29,31). The van der Waals surface area contributed by atoms with Crippen molar-refractivity contribution in [2.75, 3.05) is 10.8 Å². The van der Waals surface area contributed by atoms with Gasteiger partial charge in [-0.25, -0.2) is 8.42 Å². The van der Waals surface area contributed by atoms with E-state index in [1.54, 1.807) is 12.1 Å². The topological polar surface area (TPSA) is 75.7 Å². The minimum Gasteiger partial charge on any atom is -0.487 e. The first-order valence-electron chi connectivity index (χ1n) is 11.4. The fourth-order valence-electron chi connectivity index (χ4n) is 4.23. The molecule has 4 rings (SSSR count). The van der Waals surface area contributed by atoms with Gasteiger partial charge < -0.3 is 10.1 Å². The zero-order valence-electron chi connectivity index (χ0n) is 20.2. The Morgan fingerprint density at radius 2 is 1.74 bits per heavy atom. The average molecular weight is 513 g/mol. The number of sulfonamides is 1. The minimum atomic E-state index is -4.03. The van der Waals surface area contributed by atoms with E-state index in [0.29, 0.717) is 22.9 Å². The molecule has 0 radical (unpaired) electrons. The number of hydrogen-bond acceptors (Lipinski definition) is 4. The second kappa shape index (κ2) is 9.55. The van der Waals surface area contributed by atoms with Crippen LogP contribution >= 0.6 is 11.6 Å². The number of benzene rings is 3. The zero-order chi connectivity index (χ0) is 25.4. The predicted molar refractivity (Wildman–Crippen MR) is 139 cm³/mol. The Morgan fingerprint density at radius 3 is 2.43 bits per heavy atom. The summed E-state index contributed by atoms with van der Waals surface area (Å²) in [6.07, 6.45) is 0.559. The summed E-state index contributed by atoms with van der Waals surface area (Å²) in [5.41, 5.74) is 2.78. The van der Waals surface area contributed by atoms with Crippen molar-refractivity contribution in [1.82, 2.24) is 5.32 Å². The third-order valence-corrected chi connectivity index (χ3v) is 8.22. The number of anilines is 1. The third kappa shape index (κ3) is 5.46. The van der Waals surface area contributed by atoms with Crippen LogP contribution in [0.15, 0.2) is 71.6 Å². The zero-order valence-corrected chi connectivity index (χ0v) is 21.8. The van der Waals surface area contributed by atoms with Crippen LogP contribution in [0, 0.1) is 13.8 Å². The first-order chi connectivity index (χ1) is 16.5. The largest absolute Gasteiger partial charge is 0.487 e. The van der Waals surface area contributed by atoms with Gasteiger partial charge in [0, 0.05) is 17.0 Å². The molecule has 1 atom stereocenters. The second-order valence-electron chi connectivity index (χ2n) is 9.46. The highest BCUT2D eigenvalue weighted by Crippen LogP contribution is 2.39. The monoisotopic (exact) mass is 512 g/mol. The van der Waals surface area contributed by atoms with Crippen molar-refractivity contribution in [2.45, 2.75) is 50.7 Å². The molecular formula is C27H29ClN2O4S. The molecule has 0 aliphatic carbocycles. The summed E-state index contributed by atoms with van der Waals surface area (Å²) in [4.78, 5) is 13.4. The maximum absolute atomic E-state index is 13.7. The lowest BCUT2D eigenvalue weighted by molar-refractivity contribution is -0.120. The van der Waals surface area contributed by atoms with E-state index in [1.165, 1.54) is 24.3 Å². The number of nitrogens with zero attached hydrogens (tertiary/aromatic N) is 1. The Kier molecular flexibility index (Phi) is 6.84. The summed E-state index contributed by atoms with van der Waals surface area (Å²) < 4.78 is 34.5. The number of aryl methyl sites for hydroxylation is 2. The van der Waals surface area contributed by atoms with Crippen LogP contribution in [-0.2, 0) is 14.8 Å². The number of rotatable bonds is 6. The molecule has 1 N–H and O–H groups in total. The van der Waals surface area contributed by atoms with Gasteiger partial charge in [-0.15, -0.1) is 0 Å². The van der Waals surface area contributed by atoms with Gasteiger partial charge in [-0.2, -0.15) is 0 Å². The molecule has 0 bridgehead atoms. The average Bonchev–Trinajstić information content (AvgIpc) is 2.79. The van der Waals surface area contributed by atoms with E-state index in [2.05, 4.69) is 5.32 Å². The lowest BCUT2D eigenvalue weighted by Gasteiger charge is -2.38. The van der Waals surface area contributed by atoms with Crippen molar-refractivity contribution in [2.24, 2.45) is 0 Å². The molecule has 8 heteroatoms. The minimum absolute atomic E-state index is 0.0606. The van der Waals surface area contributed by atoms with E-state index in [9.17, 15) is 13.2 Å². The smallest absolute Gasteiger partial charge is 0.264 e. The van der Waals surface area contributed by atoms with Gasteiger partial charge in [0.15, 0.2) is 0 Å². The first kappa shape index (κ1) is 25.1. The lowest BCUT2D eigenvalue weighted by atomic mass is 9.89. The highest BCUT2D eigenvalue weighted by atomic mass is 35.5. The molecule has 0 spiro atoms. The quantitative estimate of drug-likeness (QED) is 0.468. The fraction of sp³-hybridized carbons (Fsp3) is 0.296. The van der Waals surface area contributed by atoms with Gasteiger partial charge in [-0.3, -0.25) is 9.10 Å². The number of carbonyl (C=O) groups is 1. The molecule has 3 aromatic rings. The Morgan fingerprint density at radius 1 is 1.06 bits per heavy atom. The molecule has 35 heavy (non-hydrogen) atoms. The highest BCUT2D eigenvalue weighted by molar-refractivity contribution is 7.92. The number of para-hydroxylation sites is 1. The molecule has 1 unspecified atom stereocenters. The van der Waals surface area contributed by atoms with E-state index in [-0.39, 0.29) is 17.5 Å². The van der Waals surface area contributed by atoms with E-state index in [1.807, 2.05) is 58.0 Å². The van der Waals surface area contributed by atoms with E-state index in [0.717, 1.165) is 21.0 Å². The Balaban J connectivity index is 1.66. The number of amides is 1. The molecule has 0 saturated heterocycles. The van der Waals surface area contributed by atoms with Crippen LogP contribution in [0.2, 0.25) is 5.02 Å². The molecule has 1 aliphatic heterocycles. The Labute approximate surface area is 211 Å². The van der Waals surface area contributed by atoms with Crippen LogP contribution in [0.1, 0.15) is 43.0 Å². The summed E-state index contributed by atoms with van der Waals surface area (Å²) in [5.74, 6) is 0.312. The molecule has 0 fully saturated rings. The summed E-state index contributed by atoms with van der Waals surface area (Å²) in [5, 5.41) is 3.47. The lowest BCUT2D eigenvalue weighted by Crippen LogP contribution is -2.45. The maximum atomic E-state index is 13.7. The number of carbonyl (C=O) groups excluding carboxylic acids is 1. The Hall–Kier alpha value is -3.03. The summed E-state index contributed by atoms with van der Waals surface area (Å²) in [6, 6.07) is 18.6. The normalized spacial score (nSPS) is 16.7. The molecule has 1 heterocycles. The molecule has 184 valence electrons. The van der Waals surface area contributed by atoms with Gasteiger partial charge in [0.2, 0.25) is 5.91 Å². The molecule has 6 nitrogen and oxygen atoms in total. The van der Waals surface area contributed by atoms with Crippen LogP contribution < -0.4 is 14.4 Å². The fourth-order valence-corrected chi connectivity index (χ4v) is 5.77. The number of ether oxygens (including phenoxy) is 1. The second-order valence-corrected chi connectivity index (χ2v) is 11.8. The predicted octanol–water partition coefficient (Wildman–Crippen LogP) is 5.57. The molecule has 1 amide bonds. The molecular weight excluding hydrogens is 484 g/mol. The number of fused-ring (bicyclic) bond motifs is 1. The van der Waals surface area contributed by atoms with E-state index in [4.69, 9.17) is 16.3 Å². The van der Waals surface area contributed by atoms with E-state index >= 15 is 0 Å². The molecule has 0 saturated carbocycles. The van der Waals surface area contributed by atoms with Gasteiger partial charge >= 0.3 is 0 Å². The van der Waals surface area contributed by atoms with Crippen LogP contribution in [0.4, 0.5) is 5.69 Å². The van der Waals surface area contributed by atoms with Gasteiger partial charge in [0.25, 0.3) is 10.0 Å². The van der Waals surface area contributed by atoms with Crippen molar-refractivity contribution >= 4 is 33.2 Å². The summed E-state index contributed by atoms with van der Waals surface area (Å²) in [6.45, 7) is 7.43. The van der Waals surface area contributed by atoms with Crippen LogP contribution in [0.5, 0.6) is 5.75 Å². The maximum Gasteiger partial charge on any atom is 0.264 e. The Bertz CT molecular complexity index is 1350. The molecule has 0 aromatic heterocycles. The number of halogens is 1. The van der Waals surface area contributed by atoms with Crippen molar-refractivity contribution in [3.8, 4) is 5.75 Å². The van der Waals surface area contributed by atoms with Crippen LogP contribution in [-0.4, -0.2) is 26.5 Å². The SMILES string of the molecule is Cc1ccc(N(CC(=O)NC2CC(C)(C)Oc3ccccc32)S(=O)(=O)c2ccc(Cl)cc2)cc1C. The van der Waals surface area contributed by atoms with E-state index < -0.39 is 21.5 Å². The van der Waals surface area contributed by atoms with Gasteiger partial charge in [0.05, 0.1) is 16.6 Å². The van der Waals surface area contributed by atoms with Gasteiger partial charge in [0.1, 0.15) is 17.9 Å². The highest BCUT2D eigenvalue weighted by Gasteiger charge is 2.35. The summed E-state index contributed by atoms with van der Waals surface area (Å²) >= 11 is 5.97. The van der Waals surface area contributed by atoms with Crippen LogP contribution in [0.25, 0.3) is 0 Å². The summed E-state index contributed by atoms with van der Waals surface area (Å²) in [7, 11) is -4.03. The third-order valence-electron chi connectivity index (χ3n) is 6.18. The van der Waals surface area contributed by atoms with Crippen molar-refractivity contribution in [1.29, 1.82) is 0 Å². The van der Waals surface area contributed by atoms with Crippen LogP contribution in [0.3, 0.4) is 0 Å².